The van der Waals surface area contributed by atoms with Crippen LogP contribution in [-0.4, -0.2) is 25.8 Å². The number of carbonyl (C=O) groups excluding carboxylic acids is 1. The number of halogens is 3. The number of benzene rings is 1. The van der Waals surface area contributed by atoms with Crippen LogP contribution in [0.1, 0.15) is 60.4 Å². The second-order valence-electron chi connectivity index (χ2n) is 6.96. The van der Waals surface area contributed by atoms with Gasteiger partial charge in [-0.25, -0.2) is 0 Å². The third-order valence-corrected chi connectivity index (χ3v) is 4.33. The third kappa shape index (κ3) is 4.47. The Morgan fingerprint density at radius 1 is 1.21 bits per heavy atom. The summed E-state index contributed by atoms with van der Waals surface area (Å²) in [5.74, 6) is -0.115. The van der Waals surface area contributed by atoms with Gasteiger partial charge in [0.2, 0.25) is 11.7 Å². The molecule has 1 N–H and O–H groups in total. The normalized spacial score (nSPS) is 13.0. The molecule has 0 saturated carbocycles. The van der Waals surface area contributed by atoms with Gasteiger partial charge in [0, 0.05) is 12.6 Å². The molecular formula is C19H20F3N5O2. The highest BCUT2D eigenvalue weighted by Crippen LogP contribution is 2.31. The maximum absolute atomic E-state index is 12.9. The third-order valence-electron chi connectivity index (χ3n) is 4.33. The molecule has 1 atom stereocenters. The molecule has 0 saturated heterocycles. The number of rotatable bonds is 5. The largest absolute Gasteiger partial charge is 0.416 e. The van der Waals surface area contributed by atoms with E-state index in [2.05, 4.69) is 20.6 Å². The molecule has 0 bridgehead atoms. The van der Waals surface area contributed by atoms with E-state index in [1.54, 1.807) is 20.0 Å². The summed E-state index contributed by atoms with van der Waals surface area (Å²) >= 11 is 0. The molecule has 1 amide bonds. The fraction of sp³-hybridized carbons (Fsp3) is 0.368. The predicted molar refractivity (Wildman–Crippen MR) is 97.9 cm³/mol. The number of hydrogen-bond acceptors (Lipinski definition) is 5. The highest BCUT2D eigenvalue weighted by atomic mass is 19.4. The van der Waals surface area contributed by atoms with E-state index in [9.17, 15) is 18.0 Å². The van der Waals surface area contributed by atoms with E-state index in [-0.39, 0.29) is 29.1 Å². The van der Waals surface area contributed by atoms with E-state index < -0.39 is 17.8 Å². The zero-order valence-electron chi connectivity index (χ0n) is 16.3. The molecule has 0 aliphatic carbocycles. The number of aryl methyl sites for hydroxylation is 1. The van der Waals surface area contributed by atoms with E-state index in [0.29, 0.717) is 5.69 Å². The van der Waals surface area contributed by atoms with Crippen molar-refractivity contribution in [2.45, 2.75) is 38.9 Å². The van der Waals surface area contributed by atoms with Crippen LogP contribution >= 0.6 is 0 Å². The summed E-state index contributed by atoms with van der Waals surface area (Å²) in [6.07, 6.45) is -4.47. The first-order chi connectivity index (χ1) is 13.6. The zero-order chi connectivity index (χ0) is 21.3. The van der Waals surface area contributed by atoms with Crippen LogP contribution < -0.4 is 5.32 Å². The highest BCUT2D eigenvalue weighted by Gasteiger charge is 2.31. The lowest BCUT2D eigenvalue weighted by atomic mass is 10.1. The molecule has 0 radical (unpaired) electrons. The molecule has 0 spiro atoms. The lowest BCUT2D eigenvalue weighted by Crippen LogP contribution is -2.28. The molecule has 7 nitrogen and oxygen atoms in total. The van der Waals surface area contributed by atoms with Crippen LogP contribution in [0.4, 0.5) is 13.2 Å². The molecule has 2 heterocycles. The maximum Gasteiger partial charge on any atom is 0.416 e. The standard InChI is InChI=1S/C19H20F3N5O2/c1-10(2)14-9-15(27(4)25-14)17(28)23-11(3)18-24-16(26-29-18)12-6-5-7-13(8-12)19(20,21)22/h5-11H,1-4H3,(H,23,28). The summed E-state index contributed by atoms with van der Waals surface area (Å²) in [5.41, 5.74) is 0.523. The van der Waals surface area contributed by atoms with Gasteiger partial charge in [0.05, 0.1) is 11.3 Å². The summed E-state index contributed by atoms with van der Waals surface area (Å²) in [6, 6.07) is 5.69. The Hall–Kier alpha value is -3.17. The van der Waals surface area contributed by atoms with Crippen molar-refractivity contribution in [3.63, 3.8) is 0 Å². The molecule has 3 rings (SSSR count). The van der Waals surface area contributed by atoms with E-state index in [1.165, 1.54) is 16.8 Å². The van der Waals surface area contributed by atoms with E-state index in [4.69, 9.17) is 4.52 Å². The van der Waals surface area contributed by atoms with Crippen molar-refractivity contribution in [1.82, 2.24) is 25.2 Å². The van der Waals surface area contributed by atoms with Crippen molar-refractivity contribution in [2.75, 3.05) is 0 Å². The first-order valence-corrected chi connectivity index (χ1v) is 8.92. The van der Waals surface area contributed by atoms with Crippen LogP contribution in [-0.2, 0) is 13.2 Å². The Bertz CT molecular complexity index is 1020. The second-order valence-corrected chi connectivity index (χ2v) is 6.96. The van der Waals surface area contributed by atoms with Crippen molar-refractivity contribution < 1.29 is 22.5 Å². The Balaban J connectivity index is 1.76. The van der Waals surface area contributed by atoms with Crippen molar-refractivity contribution in [1.29, 1.82) is 0 Å². The van der Waals surface area contributed by atoms with Crippen molar-refractivity contribution in [2.24, 2.45) is 7.05 Å². The van der Waals surface area contributed by atoms with E-state index >= 15 is 0 Å². The number of nitrogens with zero attached hydrogens (tertiary/aromatic N) is 4. The predicted octanol–water partition coefficient (Wildman–Crippen LogP) is 4.10. The van der Waals surface area contributed by atoms with E-state index in [1.807, 2.05) is 13.8 Å². The van der Waals surface area contributed by atoms with Crippen LogP contribution in [0.5, 0.6) is 0 Å². The fourth-order valence-corrected chi connectivity index (χ4v) is 2.68. The first-order valence-electron chi connectivity index (χ1n) is 8.92. The lowest BCUT2D eigenvalue weighted by molar-refractivity contribution is -0.137. The fourth-order valence-electron chi connectivity index (χ4n) is 2.68. The number of amides is 1. The van der Waals surface area contributed by atoms with Gasteiger partial charge < -0.3 is 9.84 Å². The molecule has 1 aromatic carbocycles. The maximum atomic E-state index is 12.9. The average molecular weight is 407 g/mol. The summed E-state index contributed by atoms with van der Waals surface area (Å²) < 4.78 is 45.3. The van der Waals surface area contributed by atoms with Gasteiger partial charge in [0.1, 0.15) is 11.7 Å². The molecule has 10 heteroatoms. The van der Waals surface area contributed by atoms with Gasteiger partial charge in [0.15, 0.2) is 0 Å². The molecule has 154 valence electrons. The second kappa shape index (κ2) is 7.69. The SMILES string of the molecule is CC(C)c1cc(C(=O)NC(C)c2nc(-c3cccc(C(F)(F)F)c3)no2)n(C)n1. The molecule has 2 aromatic heterocycles. The Morgan fingerprint density at radius 2 is 1.93 bits per heavy atom. The first kappa shape index (κ1) is 20.6. The van der Waals surface area contributed by atoms with Gasteiger partial charge >= 0.3 is 6.18 Å². The monoisotopic (exact) mass is 407 g/mol. The lowest BCUT2D eigenvalue weighted by Gasteiger charge is -2.09. The van der Waals surface area contributed by atoms with Gasteiger partial charge in [-0.05, 0) is 31.0 Å². The molecule has 0 aliphatic heterocycles. The minimum absolute atomic E-state index is 0.00910. The van der Waals surface area contributed by atoms with Crippen molar-refractivity contribution >= 4 is 5.91 Å². The molecule has 0 aliphatic rings. The Kier molecular flexibility index (Phi) is 5.45. The molecular weight excluding hydrogens is 387 g/mol. The molecule has 3 aromatic rings. The number of hydrogen-bond donors (Lipinski definition) is 1. The molecule has 29 heavy (non-hydrogen) atoms. The van der Waals surface area contributed by atoms with Crippen LogP contribution in [0.25, 0.3) is 11.4 Å². The highest BCUT2D eigenvalue weighted by molar-refractivity contribution is 5.92. The van der Waals surface area contributed by atoms with Gasteiger partial charge in [-0.1, -0.05) is 31.1 Å². The number of aromatic nitrogens is 4. The van der Waals surface area contributed by atoms with Gasteiger partial charge in [-0.3, -0.25) is 9.48 Å². The summed E-state index contributed by atoms with van der Waals surface area (Å²) in [4.78, 5) is 16.7. The molecule has 0 fully saturated rings. The van der Waals surface area contributed by atoms with Crippen LogP contribution in [0, 0.1) is 0 Å². The quantitative estimate of drug-likeness (QED) is 0.688. The van der Waals surface area contributed by atoms with Crippen LogP contribution in [0.2, 0.25) is 0 Å². The zero-order valence-corrected chi connectivity index (χ0v) is 16.3. The topological polar surface area (TPSA) is 85.8 Å². The molecule has 1 unspecified atom stereocenters. The van der Waals surface area contributed by atoms with Crippen molar-refractivity contribution in [3.05, 3.63) is 53.2 Å². The Labute approximate surface area is 164 Å². The summed E-state index contributed by atoms with van der Waals surface area (Å²) in [5, 5.41) is 10.8. The summed E-state index contributed by atoms with van der Waals surface area (Å²) in [7, 11) is 1.67. The van der Waals surface area contributed by atoms with E-state index in [0.717, 1.165) is 17.8 Å². The van der Waals surface area contributed by atoms with Gasteiger partial charge in [-0.2, -0.15) is 23.3 Å². The van der Waals surface area contributed by atoms with Crippen LogP contribution in [0.15, 0.2) is 34.9 Å². The minimum Gasteiger partial charge on any atom is -0.339 e. The minimum atomic E-state index is -4.47. The van der Waals surface area contributed by atoms with Crippen LogP contribution in [0.3, 0.4) is 0 Å². The summed E-state index contributed by atoms with van der Waals surface area (Å²) in [6.45, 7) is 5.59. The van der Waals surface area contributed by atoms with Gasteiger partial charge in [0.25, 0.3) is 5.91 Å². The smallest absolute Gasteiger partial charge is 0.339 e. The number of carbonyl (C=O) groups is 1. The Morgan fingerprint density at radius 3 is 2.55 bits per heavy atom. The number of alkyl halides is 3. The van der Waals surface area contributed by atoms with Crippen molar-refractivity contribution in [3.8, 4) is 11.4 Å². The van der Waals surface area contributed by atoms with Gasteiger partial charge in [-0.15, -0.1) is 0 Å². The average Bonchev–Trinajstić information content (AvgIpc) is 3.28. The number of nitrogens with one attached hydrogen (secondary N) is 1.